The molecule has 0 unspecified atom stereocenters. The molecular weight excluding hydrogens is 182 g/mol. The zero-order valence-electron chi connectivity index (χ0n) is 8.10. The van der Waals surface area contributed by atoms with E-state index in [1.807, 2.05) is 13.2 Å². The van der Waals surface area contributed by atoms with Crippen molar-refractivity contribution in [3.05, 3.63) is 11.9 Å². The van der Waals surface area contributed by atoms with Crippen molar-refractivity contribution in [1.82, 2.24) is 25.2 Å². The van der Waals surface area contributed by atoms with E-state index in [1.165, 1.54) is 0 Å². The second-order valence-electron chi connectivity index (χ2n) is 3.39. The Labute approximate surface area is 81.9 Å². The van der Waals surface area contributed by atoms with Crippen molar-refractivity contribution in [3.63, 3.8) is 0 Å². The molecule has 1 aliphatic heterocycles. The highest BCUT2D eigenvalue weighted by molar-refractivity contribution is 5.74. The summed E-state index contributed by atoms with van der Waals surface area (Å²) in [4.78, 5) is 13.1. The maximum Gasteiger partial charge on any atom is 0.317 e. The zero-order valence-corrected chi connectivity index (χ0v) is 8.10. The van der Waals surface area contributed by atoms with E-state index in [0.717, 1.165) is 25.2 Å². The minimum atomic E-state index is -0.0121. The predicted molar refractivity (Wildman–Crippen MR) is 49.4 cm³/mol. The Balaban J connectivity index is 1.99. The van der Waals surface area contributed by atoms with Crippen molar-refractivity contribution < 1.29 is 4.79 Å². The van der Waals surface area contributed by atoms with E-state index in [4.69, 9.17) is 0 Å². The van der Waals surface area contributed by atoms with Crippen LogP contribution in [0.15, 0.2) is 6.20 Å². The van der Waals surface area contributed by atoms with Crippen LogP contribution in [-0.2, 0) is 13.6 Å². The van der Waals surface area contributed by atoms with Gasteiger partial charge < -0.3 is 10.2 Å². The van der Waals surface area contributed by atoms with Gasteiger partial charge in [0.05, 0.1) is 6.54 Å². The molecule has 14 heavy (non-hydrogen) atoms. The molecule has 1 aliphatic rings. The largest absolute Gasteiger partial charge is 0.338 e. The molecule has 1 aromatic rings. The van der Waals surface area contributed by atoms with E-state index >= 15 is 0 Å². The fourth-order valence-corrected chi connectivity index (χ4v) is 1.49. The highest BCUT2D eigenvalue weighted by Crippen LogP contribution is 2.04. The molecular formula is C8H13N5O. The molecule has 6 heteroatoms. The summed E-state index contributed by atoms with van der Waals surface area (Å²) in [6.45, 7) is 2.11. The third kappa shape index (κ3) is 1.84. The monoisotopic (exact) mass is 195 g/mol. The van der Waals surface area contributed by atoms with Crippen LogP contribution in [0, 0.1) is 0 Å². The second-order valence-corrected chi connectivity index (χ2v) is 3.39. The molecule has 6 nitrogen and oxygen atoms in total. The summed E-state index contributed by atoms with van der Waals surface area (Å²) < 4.78 is 1.64. The van der Waals surface area contributed by atoms with Crippen LogP contribution in [0.2, 0.25) is 0 Å². The molecule has 1 aromatic heterocycles. The molecule has 0 atom stereocenters. The lowest BCUT2D eigenvalue weighted by atomic mass is 10.3. The van der Waals surface area contributed by atoms with Crippen molar-refractivity contribution in [2.75, 3.05) is 13.1 Å². The molecule has 2 amide bonds. The molecule has 0 spiro atoms. The van der Waals surface area contributed by atoms with Gasteiger partial charge in [-0.1, -0.05) is 5.21 Å². The predicted octanol–water partition coefficient (Wildman–Crippen LogP) is -0.270. The van der Waals surface area contributed by atoms with Gasteiger partial charge >= 0.3 is 6.03 Å². The molecule has 1 saturated heterocycles. The molecule has 1 fully saturated rings. The van der Waals surface area contributed by atoms with Gasteiger partial charge in [0.1, 0.15) is 5.69 Å². The number of hydrogen-bond acceptors (Lipinski definition) is 3. The van der Waals surface area contributed by atoms with Crippen molar-refractivity contribution >= 4 is 6.03 Å². The Kier molecular flexibility index (Phi) is 2.34. The van der Waals surface area contributed by atoms with Gasteiger partial charge in [-0.25, -0.2) is 4.79 Å². The molecule has 0 aromatic carbocycles. The summed E-state index contributed by atoms with van der Waals surface area (Å²) in [6.07, 6.45) is 2.81. The molecule has 2 heterocycles. The highest BCUT2D eigenvalue weighted by Gasteiger charge is 2.18. The smallest absolute Gasteiger partial charge is 0.317 e. The number of aromatic nitrogens is 3. The Hall–Kier alpha value is -1.59. The van der Waals surface area contributed by atoms with E-state index in [9.17, 15) is 4.79 Å². The minimum absolute atomic E-state index is 0.0121. The summed E-state index contributed by atoms with van der Waals surface area (Å²) in [7, 11) is 1.81. The molecule has 0 bridgehead atoms. The third-order valence-corrected chi connectivity index (χ3v) is 2.17. The summed E-state index contributed by atoms with van der Waals surface area (Å²) >= 11 is 0. The van der Waals surface area contributed by atoms with Crippen LogP contribution in [0.1, 0.15) is 12.1 Å². The number of nitrogens with zero attached hydrogens (tertiary/aromatic N) is 4. The normalized spacial score (nSPS) is 16.9. The molecule has 2 rings (SSSR count). The number of carbonyl (C=O) groups is 1. The number of nitrogens with one attached hydrogen (secondary N) is 1. The molecule has 1 N–H and O–H groups in total. The zero-order chi connectivity index (χ0) is 9.97. The van der Waals surface area contributed by atoms with Gasteiger partial charge in [-0.2, -0.15) is 0 Å². The van der Waals surface area contributed by atoms with Gasteiger partial charge in [0.2, 0.25) is 0 Å². The summed E-state index contributed by atoms with van der Waals surface area (Å²) in [5.41, 5.74) is 0.824. The topological polar surface area (TPSA) is 63.0 Å². The van der Waals surface area contributed by atoms with Crippen molar-refractivity contribution in [3.8, 4) is 0 Å². The molecule has 0 radical (unpaired) electrons. The number of hydrogen-bond donors (Lipinski definition) is 1. The third-order valence-electron chi connectivity index (χ3n) is 2.17. The average molecular weight is 195 g/mol. The van der Waals surface area contributed by atoms with Crippen molar-refractivity contribution in [2.24, 2.45) is 7.05 Å². The molecule has 0 aliphatic carbocycles. The van der Waals surface area contributed by atoms with Crippen LogP contribution in [-0.4, -0.2) is 39.0 Å². The first-order valence-electron chi connectivity index (χ1n) is 4.63. The number of urea groups is 1. The highest BCUT2D eigenvalue weighted by atomic mass is 16.2. The van der Waals surface area contributed by atoms with E-state index in [-0.39, 0.29) is 6.03 Å². The van der Waals surface area contributed by atoms with Gasteiger partial charge in [0, 0.05) is 26.3 Å². The number of rotatable bonds is 2. The summed E-state index contributed by atoms with van der Waals surface area (Å²) in [6, 6.07) is -0.0121. The lowest BCUT2D eigenvalue weighted by molar-refractivity contribution is 0.182. The van der Waals surface area contributed by atoms with Gasteiger partial charge in [0.15, 0.2) is 0 Å². The SMILES string of the molecule is Cn1cc(CN2CCCNC2=O)nn1. The maximum absolute atomic E-state index is 11.4. The lowest BCUT2D eigenvalue weighted by Crippen LogP contribution is -2.45. The van der Waals surface area contributed by atoms with Gasteiger partial charge in [0.25, 0.3) is 0 Å². The minimum Gasteiger partial charge on any atom is -0.338 e. The first-order chi connectivity index (χ1) is 6.75. The average Bonchev–Trinajstić information content (AvgIpc) is 2.56. The Bertz CT molecular complexity index is 334. The van der Waals surface area contributed by atoms with Crippen LogP contribution in [0.25, 0.3) is 0 Å². The number of aryl methyl sites for hydroxylation is 1. The Morgan fingerprint density at radius 1 is 1.64 bits per heavy atom. The van der Waals surface area contributed by atoms with Crippen LogP contribution in [0.4, 0.5) is 4.79 Å². The summed E-state index contributed by atoms with van der Waals surface area (Å²) in [5, 5.41) is 10.5. The first-order valence-corrected chi connectivity index (χ1v) is 4.63. The molecule has 76 valence electrons. The fourth-order valence-electron chi connectivity index (χ4n) is 1.49. The standard InChI is InChI=1S/C8H13N5O/c1-12-5-7(10-11-12)6-13-4-2-3-9-8(13)14/h5H,2-4,6H2,1H3,(H,9,14). The summed E-state index contributed by atoms with van der Waals surface area (Å²) in [5.74, 6) is 0. The Morgan fingerprint density at radius 2 is 2.50 bits per heavy atom. The lowest BCUT2D eigenvalue weighted by Gasteiger charge is -2.26. The van der Waals surface area contributed by atoms with Crippen LogP contribution >= 0.6 is 0 Å². The number of amides is 2. The maximum atomic E-state index is 11.4. The Morgan fingerprint density at radius 3 is 3.14 bits per heavy atom. The molecule has 0 saturated carbocycles. The first kappa shape index (κ1) is 8.98. The van der Waals surface area contributed by atoms with Crippen LogP contribution < -0.4 is 5.32 Å². The quantitative estimate of drug-likeness (QED) is 0.706. The van der Waals surface area contributed by atoms with Crippen molar-refractivity contribution in [2.45, 2.75) is 13.0 Å². The van der Waals surface area contributed by atoms with Gasteiger partial charge in [-0.05, 0) is 6.42 Å². The van der Waals surface area contributed by atoms with E-state index in [1.54, 1.807) is 9.58 Å². The van der Waals surface area contributed by atoms with Crippen LogP contribution in [0.5, 0.6) is 0 Å². The van der Waals surface area contributed by atoms with E-state index < -0.39 is 0 Å². The fraction of sp³-hybridized carbons (Fsp3) is 0.625. The number of carbonyl (C=O) groups excluding carboxylic acids is 1. The second kappa shape index (κ2) is 3.65. The van der Waals surface area contributed by atoms with Gasteiger partial charge in [-0.3, -0.25) is 4.68 Å². The van der Waals surface area contributed by atoms with Gasteiger partial charge in [-0.15, -0.1) is 5.10 Å². The van der Waals surface area contributed by atoms with E-state index in [0.29, 0.717) is 6.54 Å². The van der Waals surface area contributed by atoms with E-state index in [2.05, 4.69) is 15.6 Å². The van der Waals surface area contributed by atoms with Crippen molar-refractivity contribution in [1.29, 1.82) is 0 Å². The van der Waals surface area contributed by atoms with Crippen LogP contribution in [0.3, 0.4) is 0 Å².